The van der Waals surface area contributed by atoms with Gasteiger partial charge < -0.3 is 10.2 Å². The van der Waals surface area contributed by atoms with Crippen LogP contribution in [-0.2, 0) is 25.8 Å². The van der Waals surface area contributed by atoms with E-state index in [-0.39, 0.29) is 0 Å². The summed E-state index contributed by atoms with van der Waals surface area (Å²) >= 11 is 0. The molecule has 3 aromatic carbocycles. The summed E-state index contributed by atoms with van der Waals surface area (Å²) in [7, 11) is 0. The van der Waals surface area contributed by atoms with E-state index >= 15 is 0 Å². The quantitative estimate of drug-likeness (QED) is 0.400. The highest BCUT2D eigenvalue weighted by Gasteiger charge is 2.07. The normalized spacial score (nSPS) is 12.5. The van der Waals surface area contributed by atoms with Crippen LogP contribution in [0.3, 0.4) is 0 Å². The van der Waals surface area contributed by atoms with Gasteiger partial charge in [0, 0.05) is 18.8 Å². The molecule has 2 heteroatoms. The number of rotatable bonds is 8. The predicted molar refractivity (Wildman–Crippen MR) is 140 cm³/mol. The van der Waals surface area contributed by atoms with Gasteiger partial charge in [0.15, 0.2) is 0 Å². The van der Waals surface area contributed by atoms with E-state index in [0.717, 1.165) is 32.6 Å². The van der Waals surface area contributed by atoms with Crippen LogP contribution in [0, 0.1) is 6.92 Å². The number of benzene rings is 3. The molecule has 0 amide bonds. The minimum absolute atomic E-state index is 0.966. The molecule has 0 heterocycles. The van der Waals surface area contributed by atoms with Crippen molar-refractivity contribution in [2.24, 2.45) is 0 Å². The zero-order valence-corrected chi connectivity index (χ0v) is 20.2. The van der Waals surface area contributed by atoms with Crippen LogP contribution >= 0.6 is 0 Å². The summed E-state index contributed by atoms with van der Waals surface area (Å²) < 4.78 is 0. The molecular formula is C30H40N2. The van der Waals surface area contributed by atoms with Crippen molar-refractivity contribution in [1.29, 1.82) is 0 Å². The Bertz CT molecular complexity index is 905. The highest BCUT2D eigenvalue weighted by molar-refractivity contribution is 5.49. The van der Waals surface area contributed by atoms with Gasteiger partial charge in [0.25, 0.3) is 0 Å². The van der Waals surface area contributed by atoms with Crippen LogP contribution in [0.15, 0.2) is 72.8 Å². The van der Waals surface area contributed by atoms with Gasteiger partial charge in [-0.2, -0.15) is 0 Å². The number of hydrogen-bond donors (Lipinski definition) is 1. The van der Waals surface area contributed by atoms with E-state index < -0.39 is 0 Å². The summed E-state index contributed by atoms with van der Waals surface area (Å²) in [6.45, 7) is 10.6. The van der Waals surface area contributed by atoms with Crippen LogP contribution in [0.2, 0.25) is 0 Å². The van der Waals surface area contributed by atoms with Crippen molar-refractivity contribution in [3.05, 3.63) is 101 Å². The lowest BCUT2D eigenvalue weighted by atomic mass is 9.92. The molecule has 0 unspecified atom stereocenters. The molecule has 0 atom stereocenters. The summed E-state index contributed by atoms with van der Waals surface area (Å²) in [5.41, 5.74) is 8.55. The van der Waals surface area contributed by atoms with E-state index in [0.29, 0.717) is 0 Å². The van der Waals surface area contributed by atoms with Gasteiger partial charge in [-0.15, -0.1) is 0 Å². The van der Waals surface area contributed by atoms with Gasteiger partial charge in [0.2, 0.25) is 0 Å². The van der Waals surface area contributed by atoms with E-state index in [1.54, 1.807) is 11.1 Å². The fraction of sp³-hybridized carbons (Fsp3) is 0.400. The van der Waals surface area contributed by atoms with Crippen LogP contribution in [0.4, 0.5) is 5.69 Å². The number of nitrogens with zero attached hydrogens (tertiary/aromatic N) is 1. The van der Waals surface area contributed by atoms with Crippen molar-refractivity contribution in [2.75, 3.05) is 24.5 Å². The molecule has 1 aliphatic carbocycles. The molecule has 3 aromatic rings. The number of aryl methyl sites for hydroxylation is 3. The standard InChI is InChI=1S/C20H28N2.C10H12/c1-4-21-14-13-18-9-11-19(12-10-18)16-22(5-2)20-8-6-7-17(3)15-20;1-2-6-10-8-4-3-7-9(10)5-1/h6-12,15,21H,4-5,13-14,16H2,1-3H3;1-2,5-6H,3-4,7-8H2. The summed E-state index contributed by atoms with van der Waals surface area (Å²) in [6.07, 6.45) is 6.48. The molecule has 0 aromatic heterocycles. The molecule has 0 fully saturated rings. The minimum Gasteiger partial charge on any atom is -0.367 e. The van der Waals surface area contributed by atoms with Crippen molar-refractivity contribution >= 4 is 5.69 Å². The maximum Gasteiger partial charge on any atom is 0.0429 e. The first kappa shape index (κ1) is 24.1. The summed E-state index contributed by atoms with van der Waals surface area (Å²) in [5, 5.41) is 3.37. The maximum atomic E-state index is 3.37. The molecule has 0 bridgehead atoms. The Kier molecular flexibility index (Phi) is 9.84. The number of nitrogens with one attached hydrogen (secondary N) is 1. The lowest BCUT2D eigenvalue weighted by Crippen LogP contribution is -2.22. The van der Waals surface area contributed by atoms with E-state index in [2.05, 4.69) is 104 Å². The van der Waals surface area contributed by atoms with Crippen molar-refractivity contribution in [3.63, 3.8) is 0 Å². The Labute approximate surface area is 195 Å². The molecule has 0 saturated heterocycles. The number of fused-ring (bicyclic) bond motifs is 1. The predicted octanol–water partition coefficient (Wildman–Crippen LogP) is 6.74. The van der Waals surface area contributed by atoms with Crippen LogP contribution in [0.5, 0.6) is 0 Å². The van der Waals surface area contributed by atoms with Crippen molar-refractivity contribution in [1.82, 2.24) is 5.32 Å². The molecule has 0 spiro atoms. The molecule has 170 valence electrons. The molecular weight excluding hydrogens is 388 g/mol. The monoisotopic (exact) mass is 428 g/mol. The topological polar surface area (TPSA) is 15.3 Å². The second-order valence-corrected chi connectivity index (χ2v) is 8.75. The Hall–Kier alpha value is -2.58. The molecule has 1 N–H and O–H groups in total. The highest BCUT2D eigenvalue weighted by Crippen LogP contribution is 2.20. The minimum atomic E-state index is 0.966. The first-order chi connectivity index (χ1) is 15.7. The molecule has 0 radical (unpaired) electrons. The summed E-state index contributed by atoms with van der Waals surface area (Å²) in [5.74, 6) is 0. The third-order valence-electron chi connectivity index (χ3n) is 6.25. The van der Waals surface area contributed by atoms with Crippen molar-refractivity contribution < 1.29 is 0 Å². The summed E-state index contributed by atoms with van der Waals surface area (Å²) in [6, 6.07) is 26.6. The Morgan fingerprint density at radius 3 is 2.03 bits per heavy atom. The van der Waals surface area contributed by atoms with Crippen LogP contribution in [-0.4, -0.2) is 19.6 Å². The molecule has 0 aliphatic heterocycles. The average molecular weight is 429 g/mol. The zero-order chi connectivity index (χ0) is 22.6. The lowest BCUT2D eigenvalue weighted by Gasteiger charge is -2.23. The summed E-state index contributed by atoms with van der Waals surface area (Å²) in [4.78, 5) is 2.42. The van der Waals surface area contributed by atoms with E-state index in [4.69, 9.17) is 0 Å². The number of likely N-dealkylation sites (N-methyl/N-ethyl adjacent to an activating group) is 1. The Balaban J connectivity index is 0.000000238. The van der Waals surface area contributed by atoms with E-state index in [1.165, 1.54) is 48.1 Å². The van der Waals surface area contributed by atoms with Gasteiger partial charge >= 0.3 is 0 Å². The highest BCUT2D eigenvalue weighted by atomic mass is 15.1. The van der Waals surface area contributed by atoms with Gasteiger partial charge in [0.05, 0.1) is 0 Å². The van der Waals surface area contributed by atoms with Crippen molar-refractivity contribution in [2.45, 2.75) is 59.4 Å². The first-order valence-electron chi connectivity index (χ1n) is 12.4. The fourth-order valence-electron chi connectivity index (χ4n) is 4.33. The third-order valence-corrected chi connectivity index (χ3v) is 6.25. The smallest absolute Gasteiger partial charge is 0.0429 e. The fourth-order valence-corrected chi connectivity index (χ4v) is 4.33. The van der Waals surface area contributed by atoms with E-state index in [9.17, 15) is 0 Å². The molecule has 2 nitrogen and oxygen atoms in total. The SMILES string of the molecule is CCNCCc1ccc(CN(CC)c2cccc(C)c2)cc1.c1ccc2c(c1)CCCC2. The zero-order valence-electron chi connectivity index (χ0n) is 20.2. The van der Waals surface area contributed by atoms with Crippen LogP contribution < -0.4 is 10.2 Å². The van der Waals surface area contributed by atoms with Crippen LogP contribution in [0.25, 0.3) is 0 Å². The van der Waals surface area contributed by atoms with Gasteiger partial charge in [-0.05, 0) is 99.0 Å². The molecule has 4 rings (SSSR count). The largest absolute Gasteiger partial charge is 0.367 e. The molecule has 1 aliphatic rings. The van der Waals surface area contributed by atoms with Gasteiger partial charge in [-0.1, -0.05) is 67.6 Å². The first-order valence-corrected chi connectivity index (χ1v) is 12.4. The van der Waals surface area contributed by atoms with Gasteiger partial charge in [0.1, 0.15) is 0 Å². The van der Waals surface area contributed by atoms with Gasteiger partial charge in [-0.3, -0.25) is 0 Å². The van der Waals surface area contributed by atoms with Crippen molar-refractivity contribution in [3.8, 4) is 0 Å². The lowest BCUT2D eigenvalue weighted by molar-refractivity contribution is 0.685. The van der Waals surface area contributed by atoms with Gasteiger partial charge in [-0.25, -0.2) is 0 Å². The number of anilines is 1. The van der Waals surface area contributed by atoms with E-state index in [1.807, 2.05) is 0 Å². The third kappa shape index (κ3) is 7.53. The second-order valence-electron chi connectivity index (χ2n) is 8.75. The van der Waals surface area contributed by atoms with Crippen LogP contribution in [0.1, 0.15) is 54.5 Å². The Morgan fingerprint density at radius 2 is 1.44 bits per heavy atom. The second kappa shape index (κ2) is 13.1. The Morgan fingerprint density at radius 1 is 0.781 bits per heavy atom. The molecule has 0 saturated carbocycles. The molecule has 32 heavy (non-hydrogen) atoms. The average Bonchev–Trinajstić information content (AvgIpc) is 2.84. The number of hydrogen-bond acceptors (Lipinski definition) is 2. The maximum absolute atomic E-state index is 3.37.